The molecule has 3 N–H and O–H groups in total. The van der Waals surface area contributed by atoms with Crippen LogP contribution in [-0.2, 0) is 16.1 Å². The van der Waals surface area contributed by atoms with E-state index in [1.165, 1.54) is 24.2 Å². The molecule has 2 aromatic carbocycles. The lowest BCUT2D eigenvalue weighted by atomic mass is 9.87. The molecule has 0 saturated heterocycles. The van der Waals surface area contributed by atoms with Gasteiger partial charge in [-0.15, -0.1) is 6.58 Å². The van der Waals surface area contributed by atoms with Gasteiger partial charge in [-0.05, 0) is 64.9 Å². The van der Waals surface area contributed by atoms with Gasteiger partial charge in [0.2, 0.25) is 11.8 Å². The molecule has 1 aliphatic carbocycles. The van der Waals surface area contributed by atoms with Crippen molar-refractivity contribution >= 4 is 63.9 Å². The molecule has 41 heavy (non-hydrogen) atoms. The highest BCUT2D eigenvalue weighted by atomic mass is 127. The quantitative estimate of drug-likeness (QED) is 0.160. The van der Waals surface area contributed by atoms with Crippen molar-refractivity contribution in [3.63, 3.8) is 0 Å². The Morgan fingerprint density at radius 3 is 2.63 bits per heavy atom. The van der Waals surface area contributed by atoms with Gasteiger partial charge in [-0.1, -0.05) is 35.3 Å². The van der Waals surface area contributed by atoms with Gasteiger partial charge < -0.3 is 29.9 Å². The Hall–Kier alpha value is -2.64. The van der Waals surface area contributed by atoms with E-state index in [-0.39, 0.29) is 55.5 Å². The van der Waals surface area contributed by atoms with Crippen LogP contribution in [0.2, 0.25) is 10.0 Å². The van der Waals surface area contributed by atoms with Gasteiger partial charge in [0.15, 0.2) is 11.5 Å². The average molecular weight is 717 g/mol. The van der Waals surface area contributed by atoms with E-state index in [0.29, 0.717) is 37.4 Å². The van der Waals surface area contributed by atoms with Gasteiger partial charge in [-0.3, -0.25) is 14.4 Å². The number of rotatable bonds is 13. The predicted octanol–water partition coefficient (Wildman–Crippen LogP) is 4.33. The Kier molecular flexibility index (Phi) is 12.5. The summed E-state index contributed by atoms with van der Waals surface area (Å²) in [5.41, 5.74) is 1.33. The molecule has 1 aliphatic rings. The number of carbonyl (C=O) groups is 3. The second-order valence-corrected chi connectivity index (χ2v) is 11.2. The number of allylic oxidation sites excluding steroid dienone is 1. The van der Waals surface area contributed by atoms with Gasteiger partial charge in [0, 0.05) is 37.1 Å². The van der Waals surface area contributed by atoms with E-state index in [4.69, 9.17) is 32.7 Å². The number of ether oxygens (including phenoxy) is 2. The molecular weight excluding hydrogens is 686 g/mol. The second-order valence-electron chi connectivity index (χ2n) is 9.27. The maximum Gasteiger partial charge on any atom is 0.247 e. The lowest BCUT2D eigenvalue weighted by Gasteiger charge is -2.41. The Labute approximate surface area is 262 Å². The molecule has 2 amide bonds. The van der Waals surface area contributed by atoms with E-state index >= 15 is 0 Å². The monoisotopic (exact) mass is 716 g/mol. The lowest BCUT2D eigenvalue weighted by molar-refractivity contribution is -0.139. The predicted molar refractivity (Wildman–Crippen MR) is 165 cm³/mol. The molecule has 0 spiro atoms. The fourth-order valence-corrected chi connectivity index (χ4v) is 5.51. The first-order chi connectivity index (χ1) is 19.6. The van der Waals surface area contributed by atoms with Crippen molar-refractivity contribution in [2.75, 3.05) is 20.3 Å². The number of nitrogens with zero attached hydrogens (tertiary/aromatic N) is 1. The minimum Gasteiger partial charge on any atom is -0.493 e. The maximum absolute atomic E-state index is 13.5. The minimum absolute atomic E-state index is 0.0255. The number of aliphatic hydroxyl groups excluding tert-OH is 2. The number of aldehydes is 1. The largest absolute Gasteiger partial charge is 0.493 e. The number of carbonyl (C=O) groups excluding carboxylic acids is 3. The van der Waals surface area contributed by atoms with Gasteiger partial charge in [-0.2, -0.15) is 0 Å². The van der Waals surface area contributed by atoms with E-state index in [1.807, 2.05) is 22.6 Å². The van der Waals surface area contributed by atoms with E-state index in [1.54, 1.807) is 30.3 Å². The Balaban J connectivity index is 2.05. The average Bonchev–Trinajstić information content (AvgIpc) is 2.96. The third-order valence-corrected chi connectivity index (χ3v) is 8.02. The fraction of sp³-hybridized carbons (Fsp3) is 0.345. The van der Waals surface area contributed by atoms with Crippen molar-refractivity contribution in [3.8, 4) is 11.5 Å². The van der Waals surface area contributed by atoms with Crippen molar-refractivity contribution in [1.82, 2.24) is 10.2 Å². The number of halogens is 3. The van der Waals surface area contributed by atoms with Crippen LogP contribution in [0.3, 0.4) is 0 Å². The summed E-state index contributed by atoms with van der Waals surface area (Å²) in [6.07, 6.45) is 2.05. The van der Waals surface area contributed by atoms with Crippen molar-refractivity contribution < 1.29 is 34.1 Å². The zero-order valence-electron chi connectivity index (χ0n) is 22.3. The third-order valence-electron chi connectivity index (χ3n) is 6.48. The number of benzene rings is 2. The number of methoxy groups -OCH3 is 1. The highest BCUT2D eigenvalue weighted by Gasteiger charge is 2.41. The van der Waals surface area contributed by atoms with Gasteiger partial charge in [0.25, 0.3) is 0 Å². The van der Waals surface area contributed by atoms with Gasteiger partial charge in [-0.25, -0.2) is 0 Å². The summed E-state index contributed by atoms with van der Waals surface area (Å²) in [6, 6.07) is 7.24. The highest BCUT2D eigenvalue weighted by Crippen LogP contribution is 2.37. The van der Waals surface area contributed by atoms with Crippen LogP contribution in [-0.4, -0.2) is 71.7 Å². The fourth-order valence-electron chi connectivity index (χ4n) is 4.43. The zero-order chi connectivity index (χ0) is 30.1. The van der Waals surface area contributed by atoms with Gasteiger partial charge in [0.05, 0.1) is 33.4 Å². The summed E-state index contributed by atoms with van der Waals surface area (Å²) in [7, 11) is 1.42. The maximum atomic E-state index is 13.5. The minimum atomic E-state index is -1.26. The molecule has 9 nitrogen and oxygen atoms in total. The smallest absolute Gasteiger partial charge is 0.247 e. The van der Waals surface area contributed by atoms with Crippen molar-refractivity contribution in [2.45, 2.75) is 44.1 Å². The van der Waals surface area contributed by atoms with Gasteiger partial charge >= 0.3 is 0 Å². The molecule has 3 atom stereocenters. The standard InChI is InChI=1S/C29H31Cl2IN2O7/c1-3-4-5-26(37)34(15-17-6-7-20(30)21(31)10-17)23-13-19(29(39)33-8-9-35)14-24(27(23)38)41-28-22(32)11-18(16-36)12-25(28)40-2/h3,6-7,10-12,14,16,23-24,27,35,38H,1,4-5,8-9,13,15H2,2H3,(H,33,39)/t23-,24+,27+/m1/s1. The zero-order valence-corrected chi connectivity index (χ0v) is 26.0. The second kappa shape index (κ2) is 15.5. The summed E-state index contributed by atoms with van der Waals surface area (Å²) in [5, 5.41) is 24.2. The summed E-state index contributed by atoms with van der Waals surface area (Å²) in [5.74, 6) is -0.194. The van der Waals surface area contributed by atoms with E-state index in [0.717, 1.165) is 0 Å². The van der Waals surface area contributed by atoms with E-state index < -0.39 is 24.2 Å². The molecule has 0 saturated carbocycles. The van der Waals surface area contributed by atoms with Crippen LogP contribution in [0.5, 0.6) is 11.5 Å². The van der Waals surface area contributed by atoms with Crippen molar-refractivity contribution in [2.24, 2.45) is 0 Å². The molecule has 0 aliphatic heterocycles. The first-order valence-electron chi connectivity index (χ1n) is 12.7. The molecule has 0 bridgehead atoms. The number of hydrogen-bond donors (Lipinski definition) is 3. The Bertz CT molecular complexity index is 1320. The van der Waals surface area contributed by atoms with E-state index in [2.05, 4.69) is 11.9 Å². The summed E-state index contributed by atoms with van der Waals surface area (Å²) in [6.45, 7) is 3.55. The van der Waals surface area contributed by atoms with Crippen LogP contribution in [0.15, 0.2) is 54.6 Å². The van der Waals surface area contributed by atoms with Crippen LogP contribution < -0.4 is 14.8 Å². The first kappa shape index (κ1) is 32.9. The molecule has 0 unspecified atom stereocenters. The number of amides is 2. The summed E-state index contributed by atoms with van der Waals surface area (Å²) in [4.78, 5) is 39.4. The topological polar surface area (TPSA) is 125 Å². The molecule has 0 heterocycles. The molecule has 220 valence electrons. The van der Waals surface area contributed by atoms with Crippen molar-refractivity contribution in [3.05, 3.63) is 79.4 Å². The SMILES string of the molecule is C=CCCC(=O)N(Cc1ccc(Cl)c(Cl)c1)[C@@H]1CC(C(=O)NCCO)=C[C@H](Oc2c(I)cc(C=O)cc2OC)[C@H]1O. The lowest BCUT2D eigenvalue weighted by Crippen LogP contribution is -2.54. The van der Waals surface area contributed by atoms with Gasteiger partial charge in [0.1, 0.15) is 18.5 Å². The number of nitrogens with one attached hydrogen (secondary N) is 1. The first-order valence-corrected chi connectivity index (χ1v) is 14.6. The van der Waals surface area contributed by atoms with E-state index in [9.17, 15) is 24.6 Å². The highest BCUT2D eigenvalue weighted by molar-refractivity contribution is 14.1. The Morgan fingerprint density at radius 2 is 2.00 bits per heavy atom. The molecule has 2 aromatic rings. The third kappa shape index (κ3) is 8.45. The molecular formula is C29H31Cl2IN2O7. The summed E-state index contributed by atoms with van der Waals surface area (Å²) < 4.78 is 12.2. The summed E-state index contributed by atoms with van der Waals surface area (Å²) >= 11 is 14.3. The van der Waals surface area contributed by atoms with Crippen molar-refractivity contribution in [1.29, 1.82) is 0 Å². The van der Waals surface area contributed by atoms with Crippen LogP contribution in [0, 0.1) is 3.57 Å². The molecule has 12 heteroatoms. The normalized spacial score (nSPS) is 18.2. The molecule has 0 radical (unpaired) electrons. The number of aliphatic hydroxyl groups is 2. The number of hydrogen-bond acceptors (Lipinski definition) is 7. The molecule has 0 fully saturated rings. The molecule has 0 aromatic heterocycles. The Morgan fingerprint density at radius 1 is 1.24 bits per heavy atom. The molecule has 3 rings (SSSR count). The van der Waals surface area contributed by atoms with Crippen LogP contribution >= 0.6 is 45.8 Å². The van der Waals surface area contributed by atoms with Crippen LogP contribution in [0.4, 0.5) is 0 Å². The van der Waals surface area contributed by atoms with Crippen LogP contribution in [0.25, 0.3) is 0 Å². The van der Waals surface area contributed by atoms with Crippen LogP contribution in [0.1, 0.15) is 35.2 Å².